The summed E-state index contributed by atoms with van der Waals surface area (Å²) in [5.41, 5.74) is 1.36. The lowest BCUT2D eigenvalue weighted by molar-refractivity contribution is -0.120. The van der Waals surface area contributed by atoms with E-state index in [-0.39, 0.29) is 0 Å². The molecule has 0 aliphatic heterocycles. The van der Waals surface area contributed by atoms with Crippen molar-refractivity contribution >= 4 is 43.8 Å². The Morgan fingerprint density at radius 2 is 2.10 bits per heavy atom. The molecule has 1 fully saturated rings. The Bertz CT molecular complexity index is 618. The maximum atomic E-state index is 11.4. The number of halogens is 1. The molecule has 1 aliphatic rings. The van der Waals surface area contributed by atoms with E-state index in [0.29, 0.717) is 6.04 Å². The molecule has 0 unspecified atom stereocenters. The summed E-state index contributed by atoms with van der Waals surface area (Å²) in [5, 5.41) is 3.56. The van der Waals surface area contributed by atoms with E-state index < -0.39 is 0 Å². The van der Waals surface area contributed by atoms with Crippen molar-refractivity contribution in [3.63, 3.8) is 0 Å². The highest BCUT2D eigenvalue weighted by molar-refractivity contribution is 9.10. The fourth-order valence-electron chi connectivity index (χ4n) is 3.23. The fourth-order valence-corrected chi connectivity index (χ4v) is 4.57. The average Bonchev–Trinajstić information content (AvgIpc) is 2.91. The zero-order chi connectivity index (χ0) is 14.7. The van der Waals surface area contributed by atoms with E-state index in [4.69, 9.17) is 0 Å². The van der Waals surface area contributed by atoms with Gasteiger partial charge in [-0.2, -0.15) is 0 Å². The second-order valence-corrected chi connectivity index (χ2v) is 7.61. The van der Waals surface area contributed by atoms with E-state index in [1.54, 1.807) is 11.3 Å². The standard InChI is InChI=1S/C17H20BrNOS/c18-14-6-7-17-16(10-14)13(11-21-17)8-9-19(12-20)15-4-2-1-3-5-15/h6-7,10-12,15H,1-5,8-9H2. The first kappa shape index (κ1) is 15.0. The van der Waals surface area contributed by atoms with Crippen molar-refractivity contribution in [3.8, 4) is 0 Å². The molecule has 1 aromatic carbocycles. The number of fused-ring (bicyclic) bond motifs is 1. The van der Waals surface area contributed by atoms with Crippen molar-refractivity contribution in [2.75, 3.05) is 6.54 Å². The van der Waals surface area contributed by atoms with Gasteiger partial charge in [0.05, 0.1) is 0 Å². The number of hydrogen-bond acceptors (Lipinski definition) is 2. The summed E-state index contributed by atoms with van der Waals surface area (Å²) in [6, 6.07) is 6.90. The Morgan fingerprint density at radius 1 is 1.29 bits per heavy atom. The van der Waals surface area contributed by atoms with Gasteiger partial charge in [0.15, 0.2) is 0 Å². The first-order chi connectivity index (χ1) is 10.3. The first-order valence-corrected chi connectivity index (χ1v) is 9.32. The smallest absolute Gasteiger partial charge is 0.209 e. The molecule has 1 aromatic heterocycles. The number of rotatable bonds is 5. The zero-order valence-corrected chi connectivity index (χ0v) is 14.5. The third-order valence-corrected chi connectivity index (χ3v) is 5.94. The summed E-state index contributed by atoms with van der Waals surface area (Å²) in [4.78, 5) is 13.4. The van der Waals surface area contributed by atoms with E-state index in [1.165, 1.54) is 47.8 Å². The predicted molar refractivity (Wildman–Crippen MR) is 92.9 cm³/mol. The number of thiophene rings is 1. The Labute approximate surface area is 138 Å². The molecule has 1 saturated carbocycles. The molecule has 0 spiro atoms. The van der Waals surface area contributed by atoms with Gasteiger partial charge in [0, 0.05) is 21.8 Å². The van der Waals surface area contributed by atoms with Gasteiger partial charge in [-0.05, 0) is 53.8 Å². The number of carbonyl (C=O) groups is 1. The highest BCUT2D eigenvalue weighted by atomic mass is 79.9. The van der Waals surface area contributed by atoms with Crippen LogP contribution < -0.4 is 0 Å². The normalized spacial score (nSPS) is 16.2. The van der Waals surface area contributed by atoms with Crippen LogP contribution in [0.2, 0.25) is 0 Å². The third-order valence-electron chi connectivity index (χ3n) is 4.43. The van der Waals surface area contributed by atoms with E-state index in [9.17, 15) is 4.79 Å². The van der Waals surface area contributed by atoms with Gasteiger partial charge in [0.25, 0.3) is 0 Å². The lowest BCUT2D eigenvalue weighted by atomic mass is 9.94. The van der Waals surface area contributed by atoms with Crippen LogP contribution in [0.25, 0.3) is 10.1 Å². The summed E-state index contributed by atoms with van der Waals surface area (Å²) in [6.45, 7) is 0.840. The SMILES string of the molecule is O=CN(CCc1csc2ccc(Br)cc12)C1CCCCC1. The van der Waals surface area contributed by atoms with E-state index in [0.717, 1.165) is 23.8 Å². The van der Waals surface area contributed by atoms with Crippen LogP contribution in [-0.2, 0) is 11.2 Å². The van der Waals surface area contributed by atoms with Crippen molar-refractivity contribution in [1.29, 1.82) is 0 Å². The summed E-state index contributed by atoms with van der Waals surface area (Å²) in [5.74, 6) is 0. The molecule has 0 saturated heterocycles. The van der Waals surface area contributed by atoms with E-state index in [2.05, 4.69) is 39.5 Å². The van der Waals surface area contributed by atoms with Gasteiger partial charge in [-0.15, -0.1) is 11.3 Å². The first-order valence-electron chi connectivity index (χ1n) is 7.64. The number of amides is 1. The summed E-state index contributed by atoms with van der Waals surface area (Å²) >= 11 is 5.34. The number of carbonyl (C=O) groups excluding carboxylic acids is 1. The van der Waals surface area contributed by atoms with Crippen LogP contribution in [0.4, 0.5) is 0 Å². The Balaban J connectivity index is 1.69. The van der Waals surface area contributed by atoms with Gasteiger partial charge in [-0.3, -0.25) is 4.79 Å². The van der Waals surface area contributed by atoms with Crippen LogP contribution in [0, 0.1) is 0 Å². The van der Waals surface area contributed by atoms with Gasteiger partial charge < -0.3 is 4.90 Å². The van der Waals surface area contributed by atoms with Crippen LogP contribution in [-0.4, -0.2) is 23.9 Å². The van der Waals surface area contributed by atoms with Crippen LogP contribution in [0.3, 0.4) is 0 Å². The lowest BCUT2D eigenvalue weighted by Crippen LogP contribution is -2.37. The molecular weight excluding hydrogens is 346 g/mol. The van der Waals surface area contributed by atoms with Crippen molar-refractivity contribution in [2.24, 2.45) is 0 Å². The Kier molecular flexibility index (Phi) is 4.96. The Morgan fingerprint density at radius 3 is 2.86 bits per heavy atom. The second kappa shape index (κ2) is 6.93. The molecule has 2 nitrogen and oxygen atoms in total. The zero-order valence-electron chi connectivity index (χ0n) is 12.1. The maximum absolute atomic E-state index is 11.4. The highest BCUT2D eigenvalue weighted by Crippen LogP contribution is 2.29. The predicted octanol–water partition coefficient (Wildman–Crippen LogP) is 5.00. The molecule has 0 N–H and O–H groups in total. The summed E-state index contributed by atoms with van der Waals surface area (Å²) in [7, 11) is 0. The average molecular weight is 366 g/mol. The molecule has 1 amide bonds. The third kappa shape index (κ3) is 3.49. The van der Waals surface area contributed by atoms with Gasteiger partial charge in [-0.25, -0.2) is 0 Å². The molecule has 0 atom stereocenters. The van der Waals surface area contributed by atoms with Crippen LogP contribution in [0.5, 0.6) is 0 Å². The molecule has 0 bridgehead atoms. The fraction of sp³-hybridized carbons (Fsp3) is 0.471. The molecular formula is C17H20BrNOS. The largest absolute Gasteiger partial charge is 0.342 e. The number of hydrogen-bond donors (Lipinski definition) is 0. The van der Waals surface area contributed by atoms with Gasteiger partial charge >= 0.3 is 0 Å². The minimum atomic E-state index is 0.466. The minimum Gasteiger partial charge on any atom is -0.342 e. The summed E-state index contributed by atoms with van der Waals surface area (Å²) < 4.78 is 2.44. The number of benzene rings is 1. The van der Waals surface area contributed by atoms with Crippen LogP contribution in [0.15, 0.2) is 28.1 Å². The molecule has 4 heteroatoms. The quantitative estimate of drug-likeness (QED) is 0.682. The Hall–Kier alpha value is -0.870. The van der Waals surface area contributed by atoms with E-state index >= 15 is 0 Å². The van der Waals surface area contributed by atoms with Crippen molar-refractivity contribution < 1.29 is 4.79 Å². The number of nitrogens with zero attached hydrogens (tertiary/aromatic N) is 1. The maximum Gasteiger partial charge on any atom is 0.209 e. The highest BCUT2D eigenvalue weighted by Gasteiger charge is 2.19. The monoisotopic (exact) mass is 365 g/mol. The van der Waals surface area contributed by atoms with Gasteiger partial charge in [-0.1, -0.05) is 35.2 Å². The van der Waals surface area contributed by atoms with Gasteiger partial charge in [0.1, 0.15) is 0 Å². The van der Waals surface area contributed by atoms with Crippen molar-refractivity contribution in [2.45, 2.75) is 44.6 Å². The minimum absolute atomic E-state index is 0.466. The lowest BCUT2D eigenvalue weighted by Gasteiger charge is -2.31. The molecule has 1 aliphatic carbocycles. The molecule has 2 aromatic rings. The van der Waals surface area contributed by atoms with Gasteiger partial charge in [0.2, 0.25) is 6.41 Å². The van der Waals surface area contributed by atoms with Crippen molar-refractivity contribution in [3.05, 3.63) is 33.6 Å². The topological polar surface area (TPSA) is 20.3 Å². The second-order valence-electron chi connectivity index (χ2n) is 5.79. The molecule has 112 valence electrons. The molecule has 1 heterocycles. The van der Waals surface area contributed by atoms with E-state index in [1.807, 2.05) is 4.90 Å². The summed E-state index contributed by atoms with van der Waals surface area (Å²) in [6.07, 6.45) is 8.22. The van der Waals surface area contributed by atoms with Crippen molar-refractivity contribution in [1.82, 2.24) is 4.90 Å². The molecule has 21 heavy (non-hydrogen) atoms. The molecule has 3 rings (SSSR count). The van der Waals surface area contributed by atoms with Crippen LogP contribution >= 0.6 is 27.3 Å². The molecule has 0 radical (unpaired) electrons. The van der Waals surface area contributed by atoms with Crippen LogP contribution in [0.1, 0.15) is 37.7 Å².